The zero-order valence-corrected chi connectivity index (χ0v) is 68.3. The molecule has 0 amide bonds. The third kappa shape index (κ3) is 22.8. The Morgan fingerprint density at radius 2 is 0.667 bits per heavy atom. The number of esters is 2. The summed E-state index contributed by atoms with van der Waals surface area (Å²) in [5.41, 5.74) is 11.2. The van der Waals surface area contributed by atoms with Crippen LogP contribution in [-0.2, 0) is 32.3 Å². The number of hydrogen-bond acceptors (Lipinski definition) is 10. The van der Waals surface area contributed by atoms with E-state index in [1.807, 2.05) is 84.3 Å². The zero-order valence-electron chi connectivity index (χ0n) is 63.5. The summed E-state index contributed by atoms with van der Waals surface area (Å²) in [4.78, 5) is 79.9. The molecule has 2 aliphatic carbocycles. The summed E-state index contributed by atoms with van der Waals surface area (Å²) in [7, 11) is 0. The number of phenolic OH excluding ortho intramolecular Hbond substituents is 2. The number of carbonyl (C=O) groups excluding carboxylic acids is 6. The van der Waals surface area contributed by atoms with Crippen molar-refractivity contribution in [3.05, 3.63) is 220 Å². The van der Waals surface area contributed by atoms with E-state index in [2.05, 4.69) is 67.7 Å². The summed E-state index contributed by atoms with van der Waals surface area (Å²) >= 11 is 11.3. The van der Waals surface area contributed by atoms with Gasteiger partial charge in [-0.15, -0.1) is 0 Å². The van der Waals surface area contributed by atoms with Crippen molar-refractivity contribution in [2.75, 3.05) is 0 Å². The Morgan fingerprint density at radius 3 is 1.02 bits per heavy atom. The Morgan fingerprint density at radius 1 is 0.361 bits per heavy atom. The zero-order chi connectivity index (χ0) is 76.3. The molecular weight excluding hydrogens is 1540 g/mol. The minimum Gasteiger partial charge on any atom is -0.507 e. The number of halogens is 3. The van der Waals surface area contributed by atoms with Gasteiger partial charge in [0, 0.05) is 52.8 Å². The minimum absolute atomic E-state index is 0.0215. The second-order valence-corrected chi connectivity index (χ2v) is 32.5. The SMILES string of the molecule is CCCCCCC(CCCCCCCCCCCC(=O)OCc1ccc(-c2cc(C)c([NH2+]c3ccc(O)c4c3C(=O)c3ccccc3C4=O)c(Br)c2)cc1)C(CCCCCC)CCCCCCCCCCCC(=O)OCc1ccc(-c2cc(Br)c([NH2+]c3ccc(O)c4c3C(=O)c3ccccc3C4=O)c(Br)c2)cc1. The Labute approximate surface area is 665 Å². The van der Waals surface area contributed by atoms with Crippen molar-refractivity contribution >= 4 is 106 Å². The first kappa shape index (κ1) is 82.8. The fraction of sp³-hybridized carbons (Fsp3) is 0.419. The summed E-state index contributed by atoms with van der Waals surface area (Å²) < 4.78 is 13.8. The molecule has 108 heavy (non-hydrogen) atoms. The lowest BCUT2D eigenvalue weighted by Crippen LogP contribution is -2.72. The number of ether oxygens (including phenoxy) is 2. The predicted molar refractivity (Wildman–Crippen MR) is 443 cm³/mol. The molecule has 0 saturated heterocycles. The van der Waals surface area contributed by atoms with Crippen LogP contribution in [0, 0.1) is 18.8 Å². The van der Waals surface area contributed by atoms with E-state index in [0.717, 1.165) is 114 Å². The van der Waals surface area contributed by atoms with Gasteiger partial charge >= 0.3 is 11.9 Å². The topological polar surface area (TPSA) is 195 Å². The molecule has 0 aromatic heterocycles. The molecule has 15 heteroatoms. The maximum atomic E-state index is 13.7. The molecule has 12 nitrogen and oxygen atoms in total. The van der Waals surface area contributed by atoms with Crippen molar-refractivity contribution in [2.45, 2.75) is 239 Å². The highest BCUT2D eigenvalue weighted by Gasteiger charge is 2.38. The molecule has 2 unspecified atom stereocenters. The summed E-state index contributed by atoms with van der Waals surface area (Å²) in [6.07, 6.45) is 38.9. The van der Waals surface area contributed by atoms with E-state index in [4.69, 9.17) is 9.47 Å². The highest BCUT2D eigenvalue weighted by atomic mass is 79.9. The van der Waals surface area contributed by atoms with Gasteiger partial charge in [-0.05, 0) is 149 Å². The van der Waals surface area contributed by atoms with Crippen molar-refractivity contribution in [1.29, 1.82) is 0 Å². The van der Waals surface area contributed by atoms with E-state index in [1.54, 1.807) is 60.7 Å². The number of fused-ring (bicyclic) bond motifs is 4. The van der Waals surface area contributed by atoms with Crippen LogP contribution in [0.2, 0.25) is 0 Å². The number of ketones is 4. The monoisotopic (exact) mass is 1650 g/mol. The first-order valence-electron chi connectivity index (χ1n) is 40.1. The van der Waals surface area contributed by atoms with Gasteiger partial charge in [-0.1, -0.05) is 291 Å². The van der Waals surface area contributed by atoms with Gasteiger partial charge in [0.25, 0.3) is 0 Å². The molecule has 0 radical (unpaired) electrons. The Balaban J connectivity index is 0.556. The molecule has 0 saturated carbocycles. The summed E-state index contributed by atoms with van der Waals surface area (Å²) in [5.74, 6) is -0.344. The fourth-order valence-electron chi connectivity index (χ4n) is 15.8. The Kier molecular flexibility index (Phi) is 32.6. The Hall–Kier alpha value is -7.66. The second kappa shape index (κ2) is 42.5. The highest BCUT2D eigenvalue weighted by molar-refractivity contribution is 9.11. The van der Waals surface area contributed by atoms with Crippen LogP contribution in [0.1, 0.15) is 300 Å². The average molecular weight is 1650 g/mol. The largest absolute Gasteiger partial charge is 0.507 e. The lowest BCUT2D eigenvalue weighted by Gasteiger charge is -2.28. The predicted octanol–water partition coefficient (Wildman–Crippen LogP) is 24.2. The number of aromatic hydroxyl groups is 2. The van der Waals surface area contributed by atoms with Crippen LogP contribution < -0.4 is 10.6 Å². The van der Waals surface area contributed by atoms with Gasteiger partial charge in [0.15, 0.2) is 22.9 Å². The molecule has 2 atom stereocenters. The van der Waals surface area contributed by atoms with Crippen LogP contribution in [0.4, 0.5) is 22.7 Å². The first-order valence-corrected chi connectivity index (χ1v) is 42.5. The van der Waals surface area contributed by atoms with Crippen molar-refractivity contribution in [1.82, 2.24) is 0 Å². The van der Waals surface area contributed by atoms with Crippen LogP contribution in [0.5, 0.6) is 11.5 Å². The quantitative estimate of drug-likeness (QED) is 0.0123. The lowest BCUT2D eigenvalue weighted by molar-refractivity contribution is -0.480. The molecule has 0 fully saturated rings. The van der Waals surface area contributed by atoms with E-state index >= 15 is 0 Å². The van der Waals surface area contributed by atoms with Gasteiger partial charge in [-0.3, -0.25) is 39.4 Å². The third-order valence-electron chi connectivity index (χ3n) is 22.0. The second-order valence-electron chi connectivity index (χ2n) is 30.0. The lowest BCUT2D eigenvalue weighted by atomic mass is 9.78. The van der Waals surface area contributed by atoms with Crippen molar-refractivity contribution in [3.63, 3.8) is 0 Å². The molecule has 0 spiro atoms. The molecule has 570 valence electrons. The van der Waals surface area contributed by atoms with Crippen LogP contribution in [0.3, 0.4) is 0 Å². The van der Waals surface area contributed by atoms with Crippen LogP contribution >= 0.6 is 47.8 Å². The highest BCUT2D eigenvalue weighted by Crippen LogP contribution is 2.42. The van der Waals surface area contributed by atoms with Gasteiger partial charge in [-0.2, -0.15) is 0 Å². The average Bonchev–Trinajstić information content (AvgIpc) is 0.748. The van der Waals surface area contributed by atoms with E-state index in [1.165, 1.54) is 166 Å². The molecular formula is C93H109Br3N2O10+2. The molecule has 6 N–H and O–H groups in total. The van der Waals surface area contributed by atoms with Gasteiger partial charge in [0.2, 0.25) is 11.6 Å². The molecule has 10 rings (SSSR count). The van der Waals surface area contributed by atoms with Crippen LogP contribution in [0.25, 0.3) is 22.3 Å². The molecule has 8 aromatic rings. The van der Waals surface area contributed by atoms with Crippen molar-refractivity contribution < 1.29 is 59.1 Å². The van der Waals surface area contributed by atoms with E-state index in [0.29, 0.717) is 40.9 Å². The molecule has 8 aromatic carbocycles. The summed E-state index contributed by atoms with van der Waals surface area (Å²) in [6.45, 7) is 7.11. The van der Waals surface area contributed by atoms with Gasteiger partial charge in [0.1, 0.15) is 36.1 Å². The number of benzene rings is 8. The molecule has 0 aliphatic heterocycles. The number of carbonyl (C=O) groups is 6. The van der Waals surface area contributed by atoms with Crippen molar-refractivity contribution in [3.8, 4) is 33.8 Å². The number of hydrogen-bond donors (Lipinski definition) is 4. The summed E-state index contributed by atoms with van der Waals surface area (Å²) in [5, 5.41) is 25.2. The minimum atomic E-state index is -0.374. The number of quaternary nitrogens is 2. The number of nitrogens with two attached hydrogens (primary N) is 2. The van der Waals surface area contributed by atoms with Crippen LogP contribution in [-0.4, -0.2) is 45.3 Å². The molecule has 0 bridgehead atoms. The van der Waals surface area contributed by atoms with E-state index < -0.39 is 0 Å². The summed E-state index contributed by atoms with van der Waals surface area (Å²) in [6, 6.07) is 43.9. The standard InChI is InChI=1S/C93H107Br3N2O10/c1-4-6-8-24-34-65(36-26-20-16-12-10-14-18-22-28-42-82(101)107-60-63-44-48-67(49-45-63)69-56-62(3)88(75(94)57-69)97-78-52-54-80(99)86-84(78)90(103)71-38-30-32-40-73(71)92(86)105)66(35-25-9-7-5-2)37-27-21-17-13-11-15-19-23-29-43-83(102)108-61-64-46-50-68(51-47-64)70-58-76(95)89(77(96)59-70)98-79-53-55-81(100)87-85(79)91(104)72-39-31-33-41-74(72)93(87)106/h30-33,38-41,44-59,65-66,97-100H,4-29,34-37,42-43,60-61H2,1-3H3/p+2. The van der Waals surface area contributed by atoms with Gasteiger partial charge in [0.05, 0.1) is 35.7 Å². The van der Waals surface area contributed by atoms with E-state index in [-0.39, 0.29) is 87.6 Å². The van der Waals surface area contributed by atoms with Crippen molar-refractivity contribution in [2.24, 2.45) is 11.8 Å². The Bertz CT molecular complexity index is 4070. The maximum absolute atomic E-state index is 13.7. The van der Waals surface area contributed by atoms with Gasteiger partial charge in [-0.25, -0.2) is 0 Å². The number of unbranched alkanes of at least 4 members (excludes halogenated alkanes) is 22. The number of phenols is 2. The van der Waals surface area contributed by atoms with Crippen LogP contribution in [0.15, 0.2) is 159 Å². The normalized spacial score (nSPS) is 12.9. The number of aryl methyl sites for hydroxylation is 1. The number of rotatable bonds is 45. The fourth-order valence-corrected chi connectivity index (χ4v) is 17.9. The molecule has 2 aliphatic rings. The maximum Gasteiger partial charge on any atom is 0.306 e. The van der Waals surface area contributed by atoms with E-state index in [9.17, 15) is 39.0 Å². The molecule has 0 heterocycles. The smallest absolute Gasteiger partial charge is 0.306 e. The van der Waals surface area contributed by atoms with Gasteiger partial charge < -0.3 is 19.7 Å². The first-order chi connectivity index (χ1) is 52.5. The third-order valence-corrected chi connectivity index (χ3v) is 24.0.